The first-order valence-corrected chi connectivity index (χ1v) is 10.7. The summed E-state index contributed by atoms with van der Waals surface area (Å²) in [4.78, 5) is 14.7. The third kappa shape index (κ3) is 5.03. The number of methoxy groups -OCH3 is 3. The van der Waals surface area contributed by atoms with Crippen molar-refractivity contribution in [2.75, 3.05) is 45.5 Å². The maximum atomic E-state index is 12.9. The maximum absolute atomic E-state index is 12.9. The minimum Gasteiger partial charge on any atom is -0.493 e. The van der Waals surface area contributed by atoms with Gasteiger partial charge < -0.3 is 24.4 Å². The highest BCUT2D eigenvalue weighted by Crippen LogP contribution is 2.40. The number of carbonyl (C=O) groups is 1. The molecule has 1 N–H and O–H groups in total. The van der Waals surface area contributed by atoms with Crippen LogP contribution in [0.4, 0.5) is 10.5 Å². The molecule has 2 amide bonds. The molecule has 0 radical (unpaired) electrons. The van der Waals surface area contributed by atoms with E-state index in [1.807, 2.05) is 34.9 Å². The summed E-state index contributed by atoms with van der Waals surface area (Å²) in [6.45, 7) is 1.32. The molecule has 2 aromatic carbocycles. The minimum absolute atomic E-state index is 0.153. The highest BCUT2D eigenvalue weighted by Gasteiger charge is 2.24. The smallest absolute Gasteiger partial charge is 0.321 e. The molecule has 3 rings (SSSR count). The molecule has 8 heteroatoms. The number of rotatable bonds is 5. The van der Waals surface area contributed by atoms with Crippen molar-refractivity contribution < 1.29 is 19.0 Å². The second-order valence-corrected chi connectivity index (χ2v) is 8.22. The SMILES string of the molecule is COc1cc(NC(=O)N2CCSC(c3ccccc3Cl)CC2)cc(OC)c1OC. The Hall–Kier alpha value is -2.25. The van der Waals surface area contributed by atoms with Gasteiger partial charge in [-0.05, 0) is 18.1 Å². The van der Waals surface area contributed by atoms with E-state index < -0.39 is 0 Å². The summed E-state index contributed by atoms with van der Waals surface area (Å²) in [6.07, 6.45) is 0.844. The Morgan fingerprint density at radius 1 is 1.10 bits per heavy atom. The average Bonchev–Trinajstić information content (AvgIpc) is 2.99. The Bertz CT molecular complexity index is 839. The van der Waals surface area contributed by atoms with Crippen molar-refractivity contribution in [3.05, 3.63) is 47.0 Å². The quantitative estimate of drug-likeness (QED) is 0.708. The van der Waals surface area contributed by atoms with Gasteiger partial charge in [-0.15, -0.1) is 0 Å². The van der Waals surface area contributed by atoms with Crippen LogP contribution in [0.5, 0.6) is 17.2 Å². The van der Waals surface area contributed by atoms with Crippen LogP contribution in [0.1, 0.15) is 17.2 Å². The molecule has 0 aromatic heterocycles. The first-order valence-electron chi connectivity index (χ1n) is 9.29. The fourth-order valence-corrected chi connectivity index (χ4v) is 4.91. The van der Waals surface area contributed by atoms with Gasteiger partial charge in [-0.2, -0.15) is 11.8 Å². The van der Waals surface area contributed by atoms with E-state index >= 15 is 0 Å². The van der Waals surface area contributed by atoms with Crippen molar-refractivity contribution in [3.8, 4) is 17.2 Å². The van der Waals surface area contributed by atoms with E-state index in [1.165, 1.54) is 0 Å². The molecule has 1 atom stereocenters. The molecule has 1 aliphatic rings. The number of hydrogen-bond acceptors (Lipinski definition) is 5. The van der Waals surface area contributed by atoms with Gasteiger partial charge in [0.2, 0.25) is 5.75 Å². The van der Waals surface area contributed by atoms with Crippen LogP contribution in [0.3, 0.4) is 0 Å². The van der Waals surface area contributed by atoms with E-state index in [1.54, 1.807) is 33.5 Å². The molecule has 0 spiro atoms. The summed E-state index contributed by atoms with van der Waals surface area (Å²) >= 11 is 8.19. The van der Waals surface area contributed by atoms with Gasteiger partial charge in [-0.1, -0.05) is 29.8 Å². The number of amides is 2. The van der Waals surface area contributed by atoms with Crippen LogP contribution in [0.25, 0.3) is 0 Å². The van der Waals surface area contributed by atoms with Crippen molar-refractivity contribution in [2.45, 2.75) is 11.7 Å². The molecule has 29 heavy (non-hydrogen) atoms. The zero-order valence-corrected chi connectivity index (χ0v) is 18.3. The van der Waals surface area contributed by atoms with Crippen LogP contribution in [0.2, 0.25) is 5.02 Å². The van der Waals surface area contributed by atoms with E-state index in [4.69, 9.17) is 25.8 Å². The molecule has 1 saturated heterocycles. The summed E-state index contributed by atoms with van der Waals surface area (Å²) < 4.78 is 16.0. The Balaban J connectivity index is 1.69. The molecule has 1 fully saturated rings. The Kier molecular flexibility index (Phi) is 7.39. The Labute approximate surface area is 180 Å². The van der Waals surface area contributed by atoms with Crippen molar-refractivity contribution in [1.82, 2.24) is 4.90 Å². The molecule has 2 aromatic rings. The van der Waals surface area contributed by atoms with E-state index in [0.29, 0.717) is 36.0 Å². The number of nitrogens with one attached hydrogen (secondary N) is 1. The number of benzene rings is 2. The number of urea groups is 1. The molecular formula is C21H25ClN2O4S. The molecule has 1 unspecified atom stereocenters. The summed E-state index contributed by atoms with van der Waals surface area (Å²) in [5.74, 6) is 2.32. The predicted molar refractivity (Wildman–Crippen MR) is 118 cm³/mol. The normalized spacial score (nSPS) is 16.7. The van der Waals surface area contributed by atoms with E-state index in [9.17, 15) is 4.79 Å². The van der Waals surface area contributed by atoms with Crippen LogP contribution in [-0.2, 0) is 0 Å². The minimum atomic E-state index is -0.153. The van der Waals surface area contributed by atoms with E-state index in [0.717, 1.165) is 22.8 Å². The summed E-state index contributed by atoms with van der Waals surface area (Å²) in [5.41, 5.74) is 1.72. The van der Waals surface area contributed by atoms with Crippen LogP contribution in [-0.4, -0.2) is 51.1 Å². The third-order valence-corrected chi connectivity index (χ3v) is 6.45. The lowest BCUT2D eigenvalue weighted by Crippen LogP contribution is -2.36. The highest BCUT2D eigenvalue weighted by atomic mass is 35.5. The van der Waals surface area contributed by atoms with Crippen LogP contribution < -0.4 is 19.5 Å². The van der Waals surface area contributed by atoms with Crippen LogP contribution in [0, 0.1) is 0 Å². The highest BCUT2D eigenvalue weighted by molar-refractivity contribution is 7.99. The standard InChI is InChI=1S/C21H25ClN2O4S/c1-26-17-12-14(13-18(27-2)20(17)28-3)23-21(25)24-9-8-19(29-11-10-24)15-6-4-5-7-16(15)22/h4-7,12-13,19H,8-11H2,1-3H3,(H,23,25). The molecule has 1 aliphatic heterocycles. The van der Waals surface area contributed by atoms with Gasteiger partial charge in [0.1, 0.15) is 0 Å². The largest absolute Gasteiger partial charge is 0.493 e. The predicted octanol–water partition coefficient (Wildman–Crippen LogP) is 5.08. The molecule has 0 bridgehead atoms. The number of nitrogens with zero attached hydrogens (tertiary/aromatic N) is 1. The van der Waals surface area contributed by atoms with Crippen LogP contribution >= 0.6 is 23.4 Å². The Morgan fingerprint density at radius 3 is 2.41 bits per heavy atom. The summed E-state index contributed by atoms with van der Waals surface area (Å²) in [7, 11) is 4.64. The average molecular weight is 437 g/mol. The number of carbonyl (C=O) groups excluding carboxylic acids is 1. The van der Waals surface area contributed by atoms with Crippen LogP contribution in [0.15, 0.2) is 36.4 Å². The second-order valence-electron chi connectivity index (χ2n) is 6.50. The molecule has 6 nitrogen and oxygen atoms in total. The van der Waals surface area contributed by atoms with E-state index in [2.05, 4.69) is 11.4 Å². The lowest BCUT2D eigenvalue weighted by Gasteiger charge is -2.22. The third-order valence-electron chi connectivity index (χ3n) is 4.80. The molecule has 1 heterocycles. The van der Waals surface area contributed by atoms with Gasteiger partial charge in [-0.3, -0.25) is 0 Å². The van der Waals surface area contributed by atoms with Gasteiger partial charge >= 0.3 is 6.03 Å². The summed E-state index contributed by atoms with van der Waals surface area (Å²) in [5, 5.41) is 4.00. The van der Waals surface area contributed by atoms with Gasteiger partial charge in [0.25, 0.3) is 0 Å². The number of halogens is 1. The molecule has 0 saturated carbocycles. The van der Waals surface area contributed by atoms with Crippen molar-refractivity contribution in [1.29, 1.82) is 0 Å². The lowest BCUT2D eigenvalue weighted by atomic mass is 10.1. The second kappa shape index (κ2) is 9.98. The van der Waals surface area contributed by atoms with Gasteiger partial charge in [-0.25, -0.2) is 4.79 Å². The van der Waals surface area contributed by atoms with Crippen molar-refractivity contribution >= 4 is 35.1 Å². The zero-order chi connectivity index (χ0) is 20.8. The first kappa shape index (κ1) is 21.5. The van der Waals surface area contributed by atoms with Crippen molar-refractivity contribution in [3.63, 3.8) is 0 Å². The summed E-state index contributed by atoms with van der Waals surface area (Å²) in [6, 6.07) is 11.2. The number of hydrogen-bond donors (Lipinski definition) is 1. The zero-order valence-electron chi connectivity index (χ0n) is 16.7. The van der Waals surface area contributed by atoms with E-state index in [-0.39, 0.29) is 11.3 Å². The number of thioether (sulfide) groups is 1. The topological polar surface area (TPSA) is 60.0 Å². The van der Waals surface area contributed by atoms with Gasteiger partial charge in [0.15, 0.2) is 11.5 Å². The Morgan fingerprint density at radius 2 is 1.79 bits per heavy atom. The first-order chi connectivity index (χ1) is 14.1. The fourth-order valence-electron chi connectivity index (χ4n) is 3.31. The fraction of sp³-hybridized carbons (Fsp3) is 0.381. The van der Waals surface area contributed by atoms with Crippen molar-refractivity contribution in [2.24, 2.45) is 0 Å². The van der Waals surface area contributed by atoms with Gasteiger partial charge in [0, 0.05) is 41.2 Å². The number of anilines is 1. The van der Waals surface area contributed by atoms with Gasteiger partial charge in [0.05, 0.1) is 27.0 Å². The monoisotopic (exact) mass is 436 g/mol. The number of ether oxygens (including phenoxy) is 3. The lowest BCUT2D eigenvalue weighted by molar-refractivity contribution is 0.215. The maximum Gasteiger partial charge on any atom is 0.321 e. The molecule has 156 valence electrons. The molecular weight excluding hydrogens is 412 g/mol. The molecule has 0 aliphatic carbocycles.